The van der Waals surface area contributed by atoms with Crippen molar-refractivity contribution in [2.75, 3.05) is 19.7 Å². The summed E-state index contributed by atoms with van der Waals surface area (Å²) in [5.74, 6) is 0.0402. The molecule has 1 aliphatic heterocycles. The number of ether oxygens (including phenoxy) is 1. The van der Waals surface area contributed by atoms with Crippen LogP contribution in [0, 0.1) is 5.92 Å². The molecule has 1 amide bonds. The molecule has 2 heterocycles. The summed E-state index contributed by atoms with van der Waals surface area (Å²) in [4.78, 5) is 31.2. The lowest BCUT2D eigenvalue weighted by Gasteiger charge is -2.30. The number of likely N-dealkylation sites (tertiary alicyclic amines) is 1. The van der Waals surface area contributed by atoms with Gasteiger partial charge < -0.3 is 9.64 Å². The van der Waals surface area contributed by atoms with Crippen molar-refractivity contribution in [3.63, 3.8) is 0 Å². The average molecular weight is 404 g/mol. The Balaban J connectivity index is 1.53. The van der Waals surface area contributed by atoms with Gasteiger partial charge in [-0.15, -0.1) is 5.10 Å². The molecule has 0 bridgehead atoms. The van der Waals surface area contributed by atoms with E-state index in [0.29, 0.717) is 24.8 Å². The van der Waals surface area contributed by atoms with Crippen LogP contribution in [0.1, 0.15) is 30.4 Å². The van der Waals surface area contributed by atoms with E-state index in [4.69, 9.17) is 4.74 Å². The molecule has 0 unspecified atom stereocenters. The van der Waals surface area contributed by atoms with Crippen LogP contribution in [0.5, 0.6) is 0 Å². The highest BCUT2D eigenvalue weighted by Crippen LogP contribution is 2.21. The maximum atomic E-state index is 12.6. The van der Waals surface area contributed by atoms with Crippen LogP contribution in [0.3, 0.4) is 0 Å². The maximum absolute atomic E-state index is 12.6. The van der Waals surface area contributed by atoms with Gasteiger partial charge in [0, 0.05) is 18.7 Å². The minimum Gasteiger partial charge on any atom is -0.450 e. The Kier molecular flexibility index (Phi) is 5.88. The van der Waals surface area contributed by atoms with Gasteiger partial charge in [0.2, 0.25) is 0 Å². The van der Waals surface area contributed by atoms with Crippen molar-refractivity contribution in [2.45, 2.75) is 19.8 Å². The van der Waals surface area contributed by atoms with Gasteiger partial charge >= 0.3 is 5.97 Å². The van der Waals surface area contributed by atoms with Gasteiger partial charge in [-0.25, -0.2) is 14.5 Å². The molecule has 0 saturated carbocycles. The Morgan fingerprint density at radius 3 is 2.47 bits per heavy atom. The van der Waals surface area contributed by atoms with Crippen molar-refractivity contribution < 1.29 is 14.3 Å². The predicted molar refractivity (Wildman–Crippen MR) is 112 cm³/mol. The lowest BCUT2D eigenvalue weighted by atomic mass is 10.0. The van der Waals surface area contributed by atoms with Gasteiger partial charge in [-0.05, 0) is 30.9 Å². The van der Waals surface area contributed by atoms with Crippen LogP contribution in [0.25, 0.3) is 17.1 Å². The number of nitrogens with zero attached hydrogens (tertiary/aromatic N) is 4. The number of para-hydroxylation sites is 1. The van der Waals surface area contributed by atoms with E-state index < -0.39 is 5.97 Å². The van der Waals surface area contributed by atoms with Crippen LogP contribution < -0.4 is 0 Å². The van der Waals surface area contributed by atoms with E-state index in [0.717, 1.165) is 24.1 Å². The Bertz CT molecular complexity index is 960. The predicted octanol–water partition coefficient (Wildman–Crippen LogP) is 3.35. The molecule has 2 aromatic carbocycles. The standard InChI is InChI=1S/C23H24N4O3/c1-17-9-8-14-26(15-17)20(28)16-30-23(29)21-24-22(18-10-4-2-5-11-18)27(25-21)19-12-6-3-7-13-19/h2-7,10-13,17H,8-9,14-16H2,1H3/t17-/m1/s1. The largest absolute Gasteiger partial charge is 0.450 e. The number of piperidine rings is 1. The Labute approximate surface area is 175 Å². The highest BCUT2D eigenvalue weighted by molar-refractivity contribution is 5.88. The van der Waals surface area contributed by atoms with E-state index in [-0.39, 0.29) is 18.3 Å². The van der Waals surface area contributed by atoms with E-state index in [1.807, 2.05) is 60.7 Å². The van der Waals surface area contributed by atoms with Crippen molar-refractivity contribution in [3.8, 4) is 17.1 Å². The SMILES string of the molecule is C[C@@H]1CCCN(C(=O)COC(=O)c2nc(-c3ccccc3)n(-c3ccccc3)n2)C1. The molecule has 1 saturated heterocycles. The molecule has 0 aliphatic carbocycles. The summed E-state index contributed by atoms with van der Waals surface area (Å²) in [6, 6.07) is 19.0. The lowest BCUT2D eigenvalue weighted by Crippen LogP contribution is -2.41. The first-order chi connectivity index (χ1) is 14.6. The number of carbonyl (C=O) groups is 2. The highest BCUT2D eigenvalue weighted by atomic mass is 16.5. The van der Waals surface area contributed by atoms with Gasteiger partial charge in [0.1, 0.15) is 0 Å². The first-order valence-electron chi connectivity index (χ1n) is 10.1. The molecular formula is C23H24N4O3. The zero-order valence-corrected chi connectivity index (χ0v) is 16.9. The monoisotopic (exact) mass is 404 g/mol. The molecule has 0 N–H and O–H groups in total. The number of rotatable bonds is 5. The van der Waals surface area contributed by atoms with E-state index >= 15 is 0 Å². The summed E-state index contributed by atoms with van der Waals surface area (Å²) in [5.41, 5.74) is 1.60. The van der Waals surface area contributed by atoms with Crippen molar-refractivity contribution in [1.29, 1.82) is 0 Å². The van der Waals surface area contributed by atoms with Crippen molar-refractivity contribution in [3.05, 3.63) is 66.5 Å². The number of carbonyl (C=O) groups excluding carboxylic acids is 2. The van der Waals surface area contributed by atoms with E-state index in [2.05, 4.69) is 17.0 Å². The molecule has 0 radical (unpaired) electrons. The smallest absolute Gasteiger partial charge is 0.378 e. The van der Waals surface area contributed by atoms with Crippen molar-refractivity contribution >= 4 is 11.9 Å². The minimum atomic E-state index is -0.708. The molecule has 1 atom stereocenters. The first-order valence-corrected chi connectivity index (χ1v) is 10.1. The summed E-state index contributed by atoms with van der Waals surface area (Å²) in [6.45, 7) is 3.23. The summed E-state index contributed by atoms with van der Waals surface area (Å²) in [7, 11) is 0. The summed E-state index contributed by atoms with van der Waals surface area (Å²) in [6.07, 6.45) is 2.09. The average Bonchev–Trinajstić information content (AvgIpc) is 3.24. The first kappa shape index (κ1) is 19.8. The Morgan fingerprint density at radius 1 is 1.07 bits per heavy atom. The van der Waals surface area contributed by atoms with Gasteiger partial charge in [0.15, 0.2) is 12.4 Å². The molecular weight excluding hydrogens is 380 g/mol. The van der Waals surface area contributed by atoms with Crippen LogP contribution in [0.15, 0.2) is 60.7 Å². The fourth-order valence-corrected chi connectivity index (χ4v) is 3.62. The molecule has 7 nitrogen and oxygen atoms in total. The van der Waals surface area contributed by atoms with Crippen LogP contribution >= 0.6 is 0 Å². The van der Waals surface area contributed by atoms with Crippen LogP contribution in [0.4, 0.5) is 0 Å². The van der Waals surface area contributed by atoms with Gasteiger partial charge in [0.05, 0.1) is 5.69 Å². The topological polar surface area (TPSA) is 77.3 Å². The number of aromatic nitrogens is 3. The zero-order chi connectivity index (χ0) is 20.9. The lowest BCUT2D eigenvalue weighted by molar-refractivity contribution is -0.136. The fraction of sp³-hybridized carbons (Fsp3) is 0.304. The molecule has 3 aromatic rings. The molecule has 154 valence electrons. The van der Waals surface area contributed by atoms with Gasteiger partial charge in [0.25, 0.3) is 11.7 Å². The Morgan fingerprint density at radius 2 is 1.77 bits per heavy atom. The quantitative estimate of drug-likeness (QED) is 0.610. The fourth-order valence-electron chi connectivity index (χ4n) is 3.62. The second-order valence-electron chi connectivity index (χ2n) is 7.54. The minimum absolute atomic E-state index is 0.0717. The highest BCUT2D eigenvalue weighted by Gasteiger charge is 2.24. The second-order valence-corrected chi connectivity index (χ2v) is 7.54. The molecule has 1 aromatic heterocycles. The number of hydrogen-bond acceptors (Lipinski definition) is 5. The number of benzene rings is 2. The van der Waals surface area contributed by atoms with E-state index in [9.17, 15) is 9.59 Å². The number of esters is 1. The molecule has 0 spiro atoms. The number of amides is 1. The van der Waals surface area contributed by atoms with Crippen molar-refractivity contribution in [1.82, 2.24) is 19.7 Å². The van der Waals surface area contributed by atoms with Gasteiger partial charge in [-0.2, -0.15) is 0 Å². The third-order valence-electron chi connectivity index (χ3n) is 5.16. The molecule has 7 heteroatoms. The van der Waals surface area contributed by atoms with E-state index in [1.54, 1.807) is 9.58 Å². The third-order valence-corrected chi connectivity index (χ3v) is 5.16. The van der Waals surface area contributed by atoms with Crippen LogP contribution in [-0.2, 0) is 9.53 Å². The van der Waals surface area contributed by atoms with E-state index in [1.165, 1.54) is 0 Å². The van der Waals surface area contributed by atoms with Gasteiger partial charge in [-0.1, -0.05) is 55.5 Å². The Hall–Kier alpha value is -3.48. The maximum Gasteiger partial charge on any atom is 0.378 e. The number of hydrogen-bond donors (Lipinski definition) is 0. The summed E-state index contributed by atoms with van der Waals surface area (Å²) < 4.78 is 6.86. The summed E-state index contributed by atoms with van der Waals surface area (Å²) >= 11 is 0. The van der Waals surface area contributed by atoms with Crippen LogP contribution in [-0.4, -0.2) is 51.2 Å². The second kappa shape index (κ2) is 8.90. The zero-order valence-electron chi connectivity index (χ0n) is 16.9. The van der Waals surface area contributed by atoms with Crippen LogP contribution in [0.2, 0.25) is 0 Å². The molecule has 1 fully saturated rings. The molecule has 1 aliphatic rings. The summed E-state index contributed by atoms with van der Waals surface area (Å²) in [5, 5.41) is 4.37. The third kappa shape index (κ3) is 4.40. The normalized spacial score (nSPS) is 16.3. The van der Waals surface area contributed by atoms with Gasteiger partial charge in [-0.3, -0.25) is 4.79 Å². The van der Waals surface area contributed by atoms with Crippen molar-refractivity contribution in [2.24, 2.45) is 5.92 Å². The molecule has 30 heavy (non-hydrogen) atoms. The molecule has 4 rings (SSSR count).